The van der Waals surface area contributed by atoms with Crippen LogP contribution in [-0.4, -0.2) is 58.1 Å². The average Bonchev–Trinajstić information content (AvgIpc) is 2.97. The molecule has 138 valence electrons. The van der Waals surface area contributed by atoms with Crippen molar-refractivity contribution in [3.05, 3.63) is 23.8 Å². The van der Waals surface area contributed by atoms with Crippen LogP contribution < -0.4 is 4.90 Å². The lowest BCUT2D eigenvalue weighted by molar-refractivity contribution is 0.0239. The van der Waals surface area contributed by atoms with E-state index in [0.717, 1.165) is 22.5 Å². The zero-order valence-corrected chi connectivity index (χ0v) is 15.5. The lowest BCUT2D eigenvalue weighted by Crippen LogP contribution is -2.50. The summed E-state index contributed by atoms with van der Waals surface area (Å²) in [4.78, 5) is 33.1. The predicted octanol–water partition coefficient (Wildman–Crippen LogP) is 2.68. The van der Waals surface area contributed by atoms with E-state index in [1.807, 2.05) is 39.0 Å². The number of para-hydroxylation sites is 1. The minimum Gasteiger partial charge on any atom is -0.444 e. The quantitative estimate of drug-likeness (QED) is 0.786. The van der Waals surface area contributed by atoms with Crippen LogP contribution in [0.25, 0.3) is 11.0 Å². The van der Waals surface area contributed by atoms with Gasteiger partial charge in [-0.3, -0.25) is 4.79 Å². The Bertz CT molecular complexity index is 873. The number of anilines is 1. The highest BCUT2D eigenvalue weighted by atomic mass is 16.6. The minimum absolute atomic E-state index is 0.185. The number of aromatic nitrogens is 2. The van der Waals surface area contributed by atoms with Crippen LogP contribution in [0.2, 0.25) is 0 Å². The third kappa shape index (κ3) is 2.91. The number of carbonyl (C=O) groups is 2. The molecule has 0 unspecified atom stereocenters. The molecule has 1 aromatic heterocycles. The van der Waals surface area contributed by atoms with Gasteiger partial charge in [-0.2, -0.15) is 0 Å². The number of piperazine rings is 1. The van der Waals surface area contributed by atoms with E-state index in [2.05, 4.69) is 9.47 Å². The van der Waals surface area contributed by atoms with Crippen LogP contribution in [0.5, 0.6) is 0 Å². The molecule has 0 bridgehead atoms. The summed E-state index contributed by atoms with van der Waals surface area (Å²) in [6.45, 7) is 8.89. The van der Waals surface area contributed by atoms with Crippen molar-refractivity contribution in [2.45, 2.75) is 39.3 Å². The number of ketones is 1. The fraction of sp³-hybridized carbons (Fsp3) is 0.526. The van der Waals surface area contributed by atoms with Gasteiger partial charge in [-0.15, -0.1) is 0 Å². The Morgan fingerprint density at radius 2 is 1.85 bits per heavy atom. The molecule has 0 N–H and O–H groups in total. The fourth-order valence-corrected chi connectivity index (χ4v) is 3.62. The molecule has 1 amide bonds. The first-order valence-electron chi connectivity index (χ1n) is 9.09. The zero-order valence-electron chi connectivity index (χ0n) is 15.5. The molecule has 1 fully saturated rings. The molecule has 0 spiro atoms. The maximum Gasteiger partial charge on any atom is 0.410 e. The van der Waals surface area contributed by atoms with Gasteiger partial charge in [0.05, 0.1) is 11.0 Å². The highest BCUT2D eigenvalue weighted by molar-refractivity contribution is 6.08. The monoisotopic (exact) mass is 356 g/mol. The number of amides is 1. The lowest BCUT2D eigenvalue weighted by Gasteiger charge is -2.36. The number of carbonyl (C=O) groups excluding carboxylic acids is 2. The maximum absolute atomic E-state index is 12.2. The zero-order chi connectivity index (χ0) is 18.5. The molecule has 2 aliphatic heterocycles. The first-order valence-corrected chi connectivity index (χ1v) is 9.09. The molecular formula is C19H24N4O3. The Morgan fingerprint density at radius 3 is 2.54 bits per heavy atom. The van der Waals surface area contributed by atoms with Crippen LogP contribution in [0.15, 0.2) is 18.2 Å². The van der Waals surface area contributed by atoms with Gasteiger partial charge in [0.1, 0.15) is 5.60 Å². The van der Waals surface area contributed by atoms with Gasteiger partial charge < -0.3 is 19.1 Å². The minimum atomic E-state index is -0.484. The maximum atomic E-state index is 12.2. The Kier molecular flexibility index (Phi) is 3.89. The van der Waals surface area contributed by atoms with Crippen molar-refractivity contribution >= 4 is 28.9 Å². The molecule has 2 aliphatic rings. The van der Waals surface area contributed by atoms with Gasteiger partial charge in [-0.05, 0) is 32.9 Å². The van der Waals surface area contributed by atoms with E-state index in [1.165, 1.54) is 0 Å². The molecule has 7 heteroatoms. The van der Waals surface area contributed by atoms with Crippen LogP contribution in [0.4, 0.5) is 10.7 Å². The van der Waals surface area contributed by atoms with Crippen molar-refractivity contribution < 1.29 is 14.3 Å². The molecule has 26 heavy (non-hydrogen) atoms. The van der Waals surface area contributed by atoms with Gasteiger partial charge in [0, 0.05) is 44.7 Å². The van der Waals surface area contributed by atoms with E-state index in [1.54, 1.807) is 4.90 Å². The van der Waals surface area contributed by atoms with Gasteiger partial charge in [-0.1, -0.05) is 6.07 Å². The second-order valence-electron chi connectivity index (χ2n) is 7.86. The number of aryl methyl sites for hydroxylation is 1. The van der Waals surface area contributed by atoms with E-state index < -0.39 is 5.60 Å². The number of nitrogens with zero attached hydrogens (tertiary/aromatic N) is 4. The first kappa shape index (κ1) is 16.9. The molecule has 0 aliphatic carbocycles. The number of rotatable bonds is 1. The average molecular weight is 356 g/mol. The van der Waals surface area contributed by atoms with Crippen LogP contribution >= 0.6 is 0 Å². The topological polar surface area (TPSA) is 67.7 Å². The Morgan fingerprint density at radius 1 is 1.12 bits per heavy atom. The third-order valence-corrected chi connectivity index (χ3v) is 4.82. The molecule has 1 aromatic carbocycles. The highest BCUT2D eigenvalue weighted by Crippen LogP contribution is 2.30. The summed E-state index contributed by atoms with van der Waals surface area (Å²) >= 11 is 0. The largest absolute Gasteiger partial charge is 0.444 e. The Balaban J connectivity index is 1.54. The number of hydrogen-bond acceptors (Lipinski definition) is 5. The van der Waals surface area contributed by atoms with Crippen molar-refractivity contribution in [1.29, 1.82) is 0 Å². The smallest absolute Gasteiger partial charge is 0.410 e. The molecular weight excluding hydrogens is 332 g/mol. The number of benzene rings is 1. The van der Waals surface area contributed by atoms with E-state index >= 15 is 0 Å². The molecule has 0 saturated carbocycles. The molecule has 0 radical (unpaired) electrons. The SMILES string of the molecule is CC(C)(C)OC(=O)N1CCN(c2nc3cccc4c3n2CCC4=O)CC1. The van der Waals surface area contributed by atoms with Crippen molar-refractivity contribution in [2.24, 2.45) is 0 Å². The van der Waals surface area contributed by atoms with Gasteiger partial charge in [-0.25, -0.2) is 9.78 Å². The van der Waals surface area contributed by atoms with Gasteiger partial charge in [0.2, 0.25) is 5.95 Å². The summed E-state index contributed by atoms with van der Waals surface area (Å²) in [5.41, 5.74) is 2.08. The summed E-state index contributed by atoms with van der Waals surface area (Å²) < 4.78 is 7.61. The van der Waals surface area contributed by atoms with E-state index in [9.17, 15) is 9.59 Å². The number of ether oxygens (including phenoxy) is 1. The molecule has 1 saturated heterocycles. The molecule has 0 atom stereocenters. The van der Waals surface area contributed by atoms with Crippen LogP contribution in [0.3, 0.4) is 0 Å². The van der Waals surface area contributed by atoms with Crippen LogP contribution in [0.1, 0.15) is 37.6 Å². The number of Topliss-reactive ketones (excluding diaryl/α,β-unsaturated/α-hetero) is 1. The number of hydrogen-bond donors (Lipinski definition) is 0. The van der Waals surface area contributed by atoms with Crippen molar-refractivity contribution in [2.75, 3.05) is 31.1 Å². The standard InChI is InChI=1S/C19H24N4O3/c1-19(2,3)26-18(25)22-11-9-21(10-12-22)17-20-14-6-4-5-13-15(24)7-8-23(17)16(13)14/h4-6H,7-12H2,1-3H3. The van der Waals surface area contributed by atoms with Crippen LogP contribution in [0, 0.1) is 0 Å². The summed E-state index contributed by atoms with van der Waals surface area (Å²) in [5, 5.41) is 0. The van der Waals surface area contributed by atoms with E-state index in [-0.39, 0.29) is 11.9 Å². The van der Waals surface area contributed by atoms with E-state index in [4.69, 9.17) is 9.72 Å². The first-order chi connectivity index (χ1) is 12.3. The third-order valence-electron chi connectivity index (χ3n) is 4.82. The Labute approximate surface area is 152 Å². The second-order valence-corrected chi connectivity index (χ2v) is 7.86. The molecule has 4 rings (SSSR count). The van der Waals surface area contributed by atoms with Gasteiger partial charge in [0.15, 0.2) is 5.78 Å². The summed E-state index contributed by atoms with van der Waals surface area (Å²) in [6, 6.07) is 5.73. The van der Waals surface area contributed by atoms with Gasteiger partial charge >= 0.3 is 6.09 Å². The van der Waals surface area contributed by atoms with Crippen molar-refractivity contribution in [1.82, 2.24) is 14.5 Å². The van der Waals surface area contributed by atoms with Gasteiger partial charge in [0.25, 0.3) is 0 Å². The fourth-order valence-electron chi connectivity index (χ4n) is 3.62. The molecule has 3 heterocycles. The highest BCUT2D eigenvalue weighted by Gasteiger charge is 2.30. The van der Waals surface area contributed by atoms with Crippen molar-refractivity contribution in [3.8, 4) is 0 Å². The molecule has 2 aromatic rings. The van der Waals surface area contributed by atoms with Crippen molar-refractivity contribution in [3.63, 3.8) is 0 Å². The lowest BCUT2D eigenvalue weighted by atomic mass is 10.0. The summed E-state index contributed by atoms with van der Waals surface area (Å²) in [6.07, 6.45) is 0.243. The number of imidazole rings is 1. The predicted molar refractivity (Wildman–Crippen MR) is 98.7 cm³/mol. The molecule has 7 nitrogen and oxygen atoms in total. The normalized spacial score (nSPS) is 17.7. The Hall–Kier alpha value is -2.57. The van der Waals surface area contributed by atoms with Crippen LogP contribution in [-0.2, 0) is 11.3 Å². The summed E-state index contributed by atoms with van der Waals surface area (Å²) in [7, 11) is 0. The van der Waals surface area contributed by atoms with E-state index in [0.29, 0.717) is 39.1 Å². The second kappa shape index (κ2) is 6.00. The summed E-state index contributed by atoms with van der Waals surface area (Å²) in [5.74, 6) is 1.08.